The first-order valence-electron chi connectivity index (χ1n) is 10.5. The molecule has 0 saturated carbocycles. The molecular weight excluding hydrogens is 406 g/mol. The van der Waals surface area contributed by atoms with E-state index in [4.69, 9.17) is 0 Å². The molecule has 0 aliphatic rings. The number of hydrogen-bond donors (Lipinski definition) is 1. The van der Waals surface area contributed by atoms with Crippen molar-refractivity contribution in [1.29, 1.82) is 0 Å². The van der Waals surface area contributed by atoms with Gasteiger partial charge in [-0.3, -0.25) is 9.52 Å². The predicted octanol–water partition coefficient (Wildman–Crippen LogP) is 6.12. The molecule has 0 bridgehead atoms. The maximum Gasteiger partial charge on any atom is 0.244 e. The highest BCUT2D eigenvalue weighted by atomic mass is 32.2. The van der Waals surface area contributed by atoms with E-state index in [-0.39, 0.29) is 5.75 Å². The van der Waals surface area contributed by atoms with Crippen molar-refractivity contribution in [3.05, 3.63) is 98.2 Å². The molecule has 0 aromatic carbocycles. The second-order valence-corrected chi connectivity index (χ2v) is 8.87. The van der Waals surface area contributed by atoms with Crippen molar-refractivity contribution < 1.29 is 13.2 Å². The van der Waals surface area contributed by atoms with Gasteiger partial charge >= 0.3 is 0 Å². The summed E-state index contributed by atoms with van der Waals surface area (Å²) in [4.78, 5) is 13.5. The summed E-state index contributed by atoms with van der Waals surface area (Å²) in [5.74, 6) is -0.857. The van der Waals surface area contributed by atoms with Gasteiger partial charge in [-0.15, -0.1) is 0 Å². The lowest BCUT2D eigenvalue weighted by Gasteiger charge is -2.34. The van der Waals surface area contributed by atoms with Crippen molar-refractivity contribution in [2.75, 3.05) is 5.75 Å². The summed E-state index contributed by atoms with van der Waals surface area (Å²) in [6.07, 6.45) is 19.9. The van der Waals surface area contributed by atoms with Gasteiger partial charge in [0.1, 0.15) is 0 Å². The van der Waals surface area contributed by atoms with Crippen LogP contribution in [0.5, 0.6) is 0 Å². The summed E-state index contributed by atoms with van der Waals surface area (Å²) in [6.45, 7) is 18.7. The Morgan fingerprint density at radius 3 is 2.00 bits per heavy atom. The lowest BCUT2D eigenvalue weighted by molar-refractivity contribution is -0.127. The Hall–Kier alpha value is -2.66. The van der Waals surface area contributed by atoms with E-state index >= 15 is 0 Å². The monoisotopic (exact) mass is 443 g/mol. The van der Waals surface area contributed by atoms with Crippen LogP contribution < -0.4 is 4.72 Å². The molecule has 0 radical (unpaired) electrons. The molecule has 1 amide bonds. The Morgan fingerprint density at radius 1 is 0.871 bits per heavy atom. The molecule has 0 rings (SSSR count). The Balaban J connectivity index is 6.25. The highest BCUT2D eigenvalue weighted by Gasteiger charge is 2.41. The summed E-state index contributed by atoms with van der Waals surface area (Å²) < 4.78 is 28.1. The molecular formula is C26H37NO3S. The van der Waals surface area contributed by atoms with Gasteiger partial charge in [-0.1, -0.05) is 120 Å². The number of carbonyl (C=O) groups is 1. The van der Waals surface area contributed by atoms with Crippen LogP contribution in [-0.2, 0) is 14.8 Å². The van der Waals surface area contributed by atoms with Gasteiger partial charge in [0.15, 0.2) is 0 Å². The molecule has 0 aromatic rings. The maximum absolute atomic E-state index is 13.5. The molecule has 5 heteroatoms. The predicted molar refractivity (Wildman–Crippen MR) is 134 cm³/mol. The topological polar surface area (TPSA) is 63.2 Å². The van der Waals surface area contributed by atoms with Crippen LogP contribution in [0.4, 0.5) is 0 Å². The number of nitrogens with one attached hydrogen (secondary N) is 1. The van der Waals surface area contributed by atoms with Crippen LogP contribution >= 0.6 is 0 Å². The Labute approximate surface area is 189 Å². The molecule has 0 spiro atoms. The van der Waals surface area contributed by atoms with Crippen molar-refractivity contribution in [3.63, 3.8) is 0 Å². The van der Waals surface area contributed by atoms with E-state index in [1.165, 1.54) is 6.08 Å². The van der Waals surface area contributed by atoms with Gasteiger partial charge in [0, 0.05) is 0 Å². The number of carbonyl (C=O) groups excluding carboxylic acids is 1. The molecule has 31 heavy (non-hydrogen) atoms. The van der Waals surface area contributed by atoms with E-state index in [0.29, 0.717) is 18.4 Å². The molecule has 0 aromatic heterocycles. The van der Waals surface area contributed by atoms with Crippen LogP contribution in [0, 0.1) is 5.41 Å². The SMILES string of the molecule is C=C/C=C\C(=C/C=C)CS(=O)(=O)NC(=O)C(CCC)(CCCC)C(/C=C\C=C)=C/C=C. The highest BCUT2D eigenvalue weighted by molar-refractivity contribution is 7.90. The summed E-state index contributed by atoms with van der Waals surface area (Å²) in [6, 6.07) is 0. The summed E-state index contributed by atoms with van der Waals surface area (Å²) >= 11 is 0. The zero-order chi connectivity index (χ0) is 23.8. The van der Waals surface area contributed by atoms with Crippen LogP contribution in [0.1, 0.15) is 46.0 Å². The standard InChI is InChI=1S/C26H37NO3S/c1-7-13-18-23(16-10-4)22-31(29,30)27-25(28)26(20-12-6,21-15-9-3)24(17-11-5)19-14-8-2/h7-8,10-11,13-14,16-19H,1-2,4-5,9,12,15,20-22H2,3,6H3,(H,27,28)/b18-13-,19-14-,23-16+,24-17+. The van der Waals surface area contributed by atoms with Crippen LogP contribution in [-0.4, -0.2) is 20.1 Å². The number of hydrogen-bond acceptors (Lipinski definition) is 3. The van der Waals surface area contributed by atoms with Gasteiger partial charge in [-0.05, 0) is 24.0 Å². The second-order valence-electron chi connectivity index (χ2n) is 7.15. The Bertz CT molecular complexity index is 857. The fourth-order valence-corrected chi connectivity index (χ4v) is 4.52. The van der Waals surface area contributed by atoms with Gasteiger partial charge in [-0.2, -0.15) is 0 Å². The molecule has 1 unspecified atom stereocenters. The minimum atomic E-state index is -3.93. The van der Waals surface area contributed by atoms with E-state index in [1.54, 1.807) is 48.6 Å². The molecule has 170 valence electrons. The smallest absolute Gasteiger partial charge is 0.244 e. The Morgan fingerprint density at radius 2 is 1.48 bits per heavy atom. The van der Waals surface area contributed by atoms with E-state index in [9.17, 15) is 13.2 Å². The number of sulfonamides is 1. The summed E-state index contributed by atoms with van der Waals surface area (Å²) in [5.41, 5.74) is 0.238. The molecule has 0 saturated heterocycles. The van der Waals surface area contributed by atoms with Gasteiger partial charge in [0.2, 0.25) is 15.9 Å². The normalized spacial score (nSPS) is 14.9. The van der Waals surface area contributed by atoms with E-state index in [0.717, 1.165) is 24.8 Å². The Kier molecular flexibility index (Phi) is 13.9. The molecule has 1 atom stereocenters. The van der Waals surface area contributed by atoms with Crippen molar-refractivity contribution in [2.24, 2.45) is 5.41 Å². The number of rotatable bonds is 16. The quantitative estimate of drug-likeness (QED) is 0.292. The first-order valence-corrected chi connectivity index (χ1v) is 12.2. The van der Waals surface area contributed by atoms with Crippen LogP contribution in [0.25, 0.3) is 0 Å². The van der Waals surface area contributed by atoms with Gasteiger partial charge in [0.25, 0.3) is 0 Å². The van der Waals surface area contributed by atoms with Crippen molar-refractivity contribution in [3.8, 4) is 0 Å². The molecule has 0 fully saturated rings. The zero-order valence-electron chi connectivity index (χ0n) is 19.0. The number of unbranched alkanes of at least 4 members (excludes halogenated alkanes) is 1. The molecule has 0 aliphatic carbocycles. The highest BCUT2D eigenvalue weighted by Crippen LogP contribution is 2.40. The number of amides is 1. The maximum atomic E-state index is 13.5. The van der Waals surface area contributed by atoms with E-state index in [1.807, 2.05) is 19.9 Å². The van der Waals surface area contributed by atoms with Crippen LogP contribution in [0.15, 0.2) is 98.2 Å². The molecule has 4 nitrogen and oxygen atoms in total. The van der Waals surface area contributed by atoms with E-state index in [2.05, 4.69) is 31.0 Å². The third-order valence-electron chi connectivity index (χ3n) is 4.71. The van der Waals surface area contributed by atoms with Crippen molar-refractivity contribution >= 4 is 15.9 Å². The third kappa shape index (κ3) is 9.79. The molecule has 0 aliphatic heterocycles. The largest absolute Gasteiger partial charge is 0.273 e. The van der Waals surface area contributed by atoms with Gasteiger partial charge in [0.05, 0.1) is 11.2 Å². The second kappa shape index (κ2) is 15.2. The van der Waals surface area contributed by atoms with Crippen LogP contribution in [0.2, 0.25) is 0 Å². The lowest BCUT2D eigenvalue weighted by Crippen LogP contribution is -2.45. The molecule has 1 N–H and O–H groups in total. The van der Waals surface area contributed by atoms with Crippen LogP contribution in [0.3, 0.4) is 0 Å². The van der Waals surface area contributed by atoms with Crippen molar-refractivity contribution in [2.45, 2.75) is 46.0 Å². The fraction of sp³-hybridized carbons (Fsp3) is 0.346. The molecule has 0 heterocycles. The number of allylic oxidation sites excluding steroid dienone is 10. The minimum absolute atomic E-state index is 0.339. The van der Waals surface area contributed by atoms with E-state index < -0.39 is 21.3 Å². The van der Waals surface area contributed by atoms with Crippen molar-refractivity contribution in [1.82, 2.24) is 4.72 Å². The average molecular weight is 444 g/mol. The first-order chi connectivity index (χ1) is 14.8. The first kappa shape index (κ1) is 28.3. The van der Waals surface area contributed by atoms with Gasteiger partial charge in [-0.25, -0.2) is 8.42 Å². The third-order valence-corrected chi connectivity index (χ3v) is 5.92. The van der Waals surface area contributed by atoms with Gasteiger partial charge < -0.3 is 0 Å². The fourth-order valence-electron chi connectivity index (χ4n) is 3.34. The summed E-state index contributed by atoms with van der Waals surface area (Å²) in [5, 5.41) is 0. The minimum Gasteiger partial charge on any atom is -0.273 e. The summed E-state index contributed by atoms with van der Waals surface area (Å²) in [7, 11) is -3.93. The lowest BCUT2D eigenvalue weighted by atomic mass is 9.71. The zero-order valence-corrected chi connectivity index (χ0v) is 19.8. The average Bonchev–Trinajstić information content (AvgIpc) is 2.72.